The number of rotatable bonds is 3. The average molecular weight is 292 g/mol. The van der Waals surface area contributed by atoms with Gasteiger partial charge in [0.25, 0.3) is 0 Å². The predicted molar refractivity (Wildman–Crippen MR) is 75.4 cm³/mol. The number of fused-ring (bicyclic) bond motifs is 2. The molecule has 0 amide bonds. The minimum absolute atomic E-state index is 0.104. The van der Waals surface area contributed by atoms with Gasteiger partial charge >= 0.3 is 5.97 Å². The van der Waals surface area contributed by atoms with E-state index in [1.165, 1.54) is 13.2 Å². The molecule has 21 heavy (non-hydrogen) atoms. The molecule has 2 rings (SSSR count). The van der Waals surface area contributed by atoms with E-state index in [0.29, 0.717) is 12.8 Å². The fourth-order valence-electron chi connectivity index (χ4n) is 3.63. The van der Waals surface area contributed by atoms with Crippen LogP contribution >= 0.6 is 0 Å². The van der Waals surface area contributed by atoms with E-state index in [-0.39, 0.29) is 12.0 Å². The molecule has 2 atom stereocenters. The molecule has 0 aromatic carbocycles. The summed E-state index contributed by atoms with van der Waals surface area (Å²) in [7, 11) is 1.18. The van der Waals surface area contributed by atoms with Crippen molar-refractivity contribution in [2.24, 2.45) is 16.7 Å². The van der Waals surface area contributed by atoms with Crippen molar-refractivity contribution in [2.45, 2.75) is 33.1 Å². The largest absolute Gasteiger partial charge is 0.510 e. The zero-order valence-electron chi connectivity index (χ0n) is 12.6. The summed E-state index contributed by atoms with van der Waals surface area (Å²) in [5, 5.41) is 10.6. The van der Waals surface area contributed by atoms with Crippen molar-refractivity contribution in [3.63, 3.8) is 0 Å². The van der Waals surface area contributed by atoms with Gasteiger partial charge in [-0.15, -0.1) is 6.58 Å². The number of ketones is 2. The lowest BCUT2D eigenvalue weighted by molar-refractivity contribution is -0.173. The molecule has 1 fully saturated rings. The minimum Gasteiger partial charge on any atom is -0.510 e. The molecular weight excluding hydrogens is 272 g/mol. The Labute approximate surface area is 123 Å². The third-order valence-electron chi connectivity index (χ3n) is 4.85. The summed E-state index contributed by atoms with van der Waals surface area (Å²) < 4.78 is 4.81. The zero-order chi connectivity index (χ0) is 16.0. The molecule has 0 aromatic heterocycles. The number of Topliss-reactive ketones (excluding diaryl/α,β-unsaturated/α-hetero) is 2. The van der Waals surface area contributed by atoms with Gasteiger partial charge < -0.3 is 9.84 Å². The van der Waals surface area contributed by atoms with Gasteiger partial charge in [0, 0.05) is 5.57 Å². The summed E-state index contributed by atoms with van der Waals surface area (Å²) in [6, 6.07) is 0. The Morgan fingerprint density at radius 3 is 2.62 bits per heavy atom. The molecule has 0 radical (unpaired) electrons. The maximum atomic E-state index is 12.8. The van der Waals surface area contributed by atoms with Crippen LogP contribution in [0.3, 0.4) is 0 Å². The second-order valence-corrected chi connectivity index (χ2v) is 6.27. The fraction of sp³-hybridized carbons (Fsp3) is 0.562. The number of allylic oxidation sites excluding steroid dienone is 2. The van der Waals surface area contributed by atoms with Crippen LogP contribution in [0.15, 0.2) is 24.0 Å². The first-order chi connectivity index (χ1) is 9.75. The van der Waals surface area contributed by atoms with Crippen LogP contribution in [-0.2, 0) is 19.1 Å². The van der Waals surface area contributed by atoms with E-state index in [2.05, 4.69) is 6.58 Å². The number of ether oxygens (including phenoxy) is 1. The molecule has 0 saturated heterocycles. The maximum absolute atomic E-state index is 12.8. The quantitative estimate of drug-likeness (QED) is 0.489. The first-order valence-corrected chi connectivity index (χ1v) is 6.96. The summed E-state index contributed by atoms with van der Waals surface area (Å²) in [6.07, 6.45) is 2.48. The van der Waals surface area contributed by atoms with Gasteiger partial charge in [-0.1, -0.05) is 19.9 Å². The Hall–Kier alpha value is -1.91. The highest BCUT2D eigenvalue weighted by Crippen LogP contribution is 2.58. The number of hydrogen-bond donors (Lipinski definition) is 1. The Morgan fingerprint density at radius 2 is 2.10 bits per heavy atom. The second-order valence-electron chi connectivity index (χ2n) is 6.27. The number of methoxy groups -OCH3 is 1. The van der Waals surface area contributed by atoms with Gasteiger partial charge in [0.2, 0.25) is 0 Å². The number of esters is 1. The minimum atomic E-state index is -1.78. The topological polar surface area (TPSA) is 80.7 Å². The summed E-state index contributed by atoms with van der Waals surface area (Å²) >= 11 is 0. The smallest absolute Gasteiger partial charge is 0.327 e. The summed E-state index contributed by atoms with van der Waals surface area (Å²) in [5.41, 5.74) is -2.49. The van der Waals surface area contributed by atoms with Gasteiger partial charge in [0.05, 0.1) is 13.0 Å². The molecule has 2 bridgehead atoms. The van der Waals surface area contributed by atoms with Crippen LogP contribution in [0.5, 0.6) is 0 Å². The van der Waals surface area contributed by atoms with E-state index in [0.717, 1.165) is 0 Å². The first kappa shape index (κ1) is 15.5. The zero-order valence-corrected chi connectivity index (χ0v) is 12.6. The van der Waals surface area contributed by atoms with Crippen molar-refractivity contribution >= 4 is 17.5 Å². The first-order valence-electron chi connectivity index (χ1n) is 6.96. The van der Waals surface area contributed by atoms with Gasteiger partial charge in [-0.05, 0) is 24.7 Å². The van der Waals surface area contributed by atoms with Crippen LogP contribution in [0.4, 0.5) is 0 Å². The fourth-order valence-corrected chi connectivity index (χ4v) is 3.63. The van der Waals surface area contributed by atoms with Crippen LogP contribution in [-0.4, -0.2) is 29.8 Å². The molecule has 0 spiro atoms. The lowest BCUT2D eigenvalue weighted by Gasteiger charge is -2.50. The number of carbonyl (C=O) groups excluding carboxylic acids is 3. The lowest BCUT2D eigenvalue weighted by Crippen LogP contribution is -2.61. The van der Waals surface area contributed by atoms with Crippen LogP contribution in [0, 0.1) is 16.7 Å². The molecule has 2 aliphatic carbocycles. The highest BCUT2D eigenvalue weighted by Gasteiger charge is 2.68. The van der Waals surface area contributed by atoms with Crippen molar-refractivity contribution in [1.82, 2.24) is 0 Å². The van der Waals surface area contributed by atoms with Gasteiger partial charge in [-0.25, -0.2) is 0 Å². The maximum Gasteiger partial charge on any atom is 0.327 e. The van der Waals surface area contributed by atoms with Gasteiger partial charge in [-0.3, -0.25) is 14.4 Å². The third kappa shape index (κ3) is 1.73. The Kier molecular flexibility index (Phi) is 3.56. The van der Waals surface area contributed by atoms with E-state index in [4.69, 9.17) is 4.74 Å². The molecular formula is C16H20O5. The van der Waals surface area contributed by atoms with Crippen molar-refractivity contribution < 1.29 is 24.2 Å². The molecule has 0 heterocycles. The summed E-state index contributed by atoms with van der Waals surface area (Å²) in [5.74, 6) is -3.06. The molecule has 5 nitrogen and oxygen atoms in total. The number of aliphatic hydroxyl groups excluding tert-OH is 1. The highest BCUT2D eigenvalue weighted by atomic mass is 16.5. The standard InChI is InChI=1S/C16H20O5/c1-5-6-9-11(17)10-7-8-15(2,3)16(12(9)18,13(10)19)14(20)21-4/h5,10,18H,1,6-8H2,2-4H3/t10-,16+/m1/s1. The van der Waals surface area contributed by atoms with Crippen molar-refractivity contribution in [2.75, 3.05) is 7.11 Å². The van der Waals surface area contributed by atoms with Crippen molar-refractivity contribution in [3.05, 3.63) is 24.0 Å². The Morgan fingerprint density at radius 1 is 1.48 bits per heavy atom. The van der Waals surface area contributed by atoms with E-state index >= 15 is 0 Å². The molecule has 2 aliphatic rings. The molecule has 0 aliphatic heterocycles. The molecule has 0 unspecified atom stereocenters. The van der Waals surface area contributed by atoms with Crippen LogP contribution in [0.1, 0.15) is 33.1 Å². The average Bonchev–Trinajstić information content (AvgIpc) is 2.42. The van der Waals surface area contributed by atoms with Crippen LogP contribution < -0.4 is 0 Å². The third-order valence-corrected chi connectivity index (χ3v) is 4.85. The lowest BCUT2D eigenvalue weighted by atomic mass is 9.49. The highest BCUT2D eigenvalue weighted by molar-refractivity contribution is 6.23. The molecule has 1 N–H and O–H groups in total. The van der Waals surface area contributed by atoms with Gasteiger partial charge in [-0.2, -0.15) is 0 Å². The Bertz CT molecular complexity index is 569. The van der Waals surface area contributed by atoms with Crippen molar-refractivity contribution in [1.29, 1.82) is 0 Å². The second kappa shape index (κ2) is 4.83. The SMILES string of the molecule is C=CCC1=C(O)[C@@]2(C(=O)OC)C(=O)[C@H](CCC2(C)C)C1=O. The predicted octanol–water partition coefficient (Wildman–Crippen LogP) is 2.12. The monoisotopic (exact) mass is 292 g/mol. The number of hydrogen-bond acceptors (Lipinski definition) is 5. The number of aliphatic hydroxyl groups is 1. The molecule has 114 valence electrons. The molecule has 5 heteroatoms. The van der Waals surface area contributed by atoms with Crippen LogP contribution in [0.2, 0.25) is 0 Å². The van der Waals surface area contributed by atoms with Crippen LogP contribution in [0.25, 0.3) is 0 Å². The number of carbonyl (C=O) groups is 3. The summed E-state index contributed by atoms with van der Waals surface area (Å²) in [6.45, 7) is 7.05. The molecule has 1 saturated carbocycles. The van der Waals surface area contributed by atoms with Crippen molar-refractivity contribution in [3.8, 4) is 0 Å². The normalized spacial score (nSPS) is 31.1. The van der Waals surface area contributed by atoms with E-state index < -0.39 is 40.0 Å². The summed E-state index contributed by atoms with van der Waals surface area (Å²) in [4.78, 5) is 37.6. The van der Waals surface area contributed by atoms with Gasteiger partial charge in [0.1, 0.15) is 5.76 Å². The van der Waals surface area contributed by atoms with E-state index in [1.54, 1.807) is 13.8 Å². The van der Waals surface area contributed by atoms with E-state index in [9.17, 15) is 19.5 Å². The van der Waals surface area contributed by atoms with Gasteiger partial charge in [0.15, 0.2) is 17.0 Å². The Balaban J connectivity index is 2.82. The molecule has 0 aromatic rings. The van der Waals surface area contributed by atoms with E-state index in [1.807, 2.05) is 0 Å².